The summed E-state index contributed by atoms with van der Waals surface area (Å²) < 4.78 is 23.5. The molecule has 0 atom stereocenters. The SMILES string of the molecule is Cc1c(F)ccc2c1OCCO2. The molecule has 3 heteroatoms. The molecule has 1 aliphatic rings. The average Bonchev–Trinajstić information content (AvgIpc) is 2.12. The molecule has 12 heavy (non-hydrogen) atoms. The van der Waals surface area contributed by atoms with Gasteiger partial charge in [-0.15, -0.1) is 0 Å². The normalized spacial score (nSPS) is 14.5. The van der Waals surface area contributed by atoms with Crippen molar-refractivity contribution in [3.05, 3.63) is 23.5 Å². The summed E-state index contributed by atoms with van der Waals surface area (Å²) in [6.45, 7) is 2.72. The van der Waals surface area contributed by atoms with Gasteiger partial charge >= 0.3 is 0 Å². The van der Waals surface area contributed by atoms with Crippen LogP contribution < -0.4 is 9.47 Å². The standard InChI is InChI=1S/C9H9FO2/c1-6-7(10)2-3-8-9(6)12-5-4-11-8/h2-3H,4-5H2,1H3. The van der Waals surface area contributed by atoms with Gasteiger partial charge in [0.25, 0.3) is 0 Å². The number of rotatable bonds is 0. The summed E-state index contributed by atoms with van der Waals surface area (Å²) in [4.78, 5) is 0. The number of halogens is 1. The van der Waals surface area contributed by atoms with Crippen molar-refractivity contribution < 1.29 is 13.9 Å². The van der Waals surface area contributed by atoms with Crippen LogP contribution in [0.2, 0.25) is 0 Å². The van der Waals surface area contributed by atoms with E-state index in [0.717, 1.165) is 0 Å². The van der Waals surface area contributed by atoms with Crippen LogP contribution in [0.5, 0.6) is 11.5 Å². The molecular weight excluding hydrogens is 159 g/mol. The molecule has 0 N–H and O–H groups in total. The third kappa shape index (κ3) is 1.02. The van der Waals surface area contributed by atoms with Gasteiger partial charge < -0.3 is 9.47 Å². The van der Waals surface area contributed by atoms with Crippen molar-refractivity contribution in [1.29, 1.82) is 0 Å². The molecule has 1 aliphatic heterocycles. The first kappa shape index (κ1) is 7.40. The van der Waals surface area contributed by atoms with Crippen LogP contribution in [0.15, 0.2) is 12.1 Å². The summed E-state index contributed by atoms with van der Waals surface area (Å²) in [5.41, 5.74) is 0.521. The van der Waals surface area contributed by atoms with Gasteiger partial charge in [-0.2, -0.15) is 0 Å². The van der Waals surface area contributed by atoms with Gasteiger partial charge in [-0.05, 0) is 19.1 Å². The molecule has 0 unspecified atom stereocenters. The van der Waals surface area contributed by atoms with Crippen molar-refractivity contribution in [2.45, 2.75) is 6.92 Å². The Morgan fingerprint density at radius 3 is 2.83 bits per heavy atom. The van der Waals surface area contributed by atoms with Gasteiger partial charge in [0.15, 0.2) is 11.5 Å². The summed E-state index contributed by atoms with van der Waals surface area (Å²) in [5, 5.41) is 0. The quantitative estimate of drug-likeness (QED) is 0.589. The van der Waals surface area contributed by atoms with E-state index in [1.54, 1.807) is 13.0 Å². The zero-order chi connectivity index (χ0) is 8.55. The number of hydrogen-bond donors (Lipinski definition) is 0. The molecule has 0 aliphatic carbocycles. The van der Waals surface area contributed by atoms with Crippen molar-refractivity contribution in [2.75, 3.05) is 13.2 Å². The van der Waals surface area contributed by atoms with Gasteiger partial charge in [-0.25, -0.2) is 4.39 Å². The third-order valence-electron chi connectivity index (χ3n) is 1.89. The third-order valence-corrected chi connectivity index (χ3v) is 1.89. The minimum Gasteiger partial charge on any atom is -0.486 e. The minimum absolute atomic E-state index is 0.251. The Morgan fingerprint density at radius 2 is 2.00 bits per heavy atom. The van der Waals surface area contributed by atoms with E-state index in [2.05, 4.69) is 0 Å². The van der Waals surface area contributed by atoms with Crippen molar-refractivity contribution in [3.63, 3.8) is 0 Å². The highest BCUT2D eigenvalue weighted by Gasteiger charge is 2.15. The van der Waals surface area contributed by atoms with Crippen LogP contribution in [-0.2, 0) is 0 Å². The maximum Gasteiger partial charge on any atom is 0.167 e. The van der Waals surface area contributed by atoms with E-state index in [9.17, 15) is 4.39 Å². The minimum atomic E-state index is -0.251. The van der Waals surface area contributed by atoms with E-state index in [1.807, 2.05) is 0 Å². The van der Waals surface area contributed by atoms with Gasteiger partial charge in [0, 0.05) is 5.56 Å². The lowest BCUT2D eigenvalue weighted by atomic mass is 10.2. The predicted molar refractivity (Wildman–Crippen MR) is 42.1 cm³/mol. The van der Waals surface area contributed by atoms with Gasteiger partial charge in [0.1, 0.15) is 19.0 Å². The highest BCUT2D eigenvalue weighted by molar-refractivity contribution is 5.47. The monoisotopic (exact) mass is 168 g/mol. The first-order valence-corrected chi connectivity index (χ1v) is 3.84. The molecule has 0 bridgehead atoms. The fraction of sp³-hybridized carbons (Fsp3) is 0.333. The Labute approximate surface area is 69.9 Å². The van der Waals surface area contributed by atoms with E-state index < -0.39 is 0 Å². The maximum atomic E-state index is 13.0. The maximum absolute atomic E-state index is 13.0. The fourth-order valence-electron chi connectivity index (χ4n) is 1.23. The van der Waals surface area contributed by atoms with Crippen molar-refractivity contribution in [3.8, 4) is 11.5 Å². The Bertz CT molecular complexity index is 310. The Balaban J connectivity index is 2.54. The lowest BCUT2D eigenvalue weighted by molar-refractivity contribution is 0.169. The van der Waals surface area contributed by atoms with Crippen LogP contribution >= 0.6 is 0 Å². The molecule has 1 aromatic carbocycles. The lowest BCUT2D eigenvalue weighted by Crippen LogP contribution is -2.16. The Morgan fingerprint density at radius 1 is 1.25 bits per heavy atom. The Hall–Kier alpha value is -1.25. The zero-order valence-electron chi connectivity index (χ0n) is 6.76. The molecular formula is C9H9FO2. The van der Waals surface area contributed by atoms with E-state index >= 15 is 0 Å². The Kier molecular flexibility index (Phi) is 1.64. The number of benzene rings is 1. The molecule has 0 aromatic heterocycles. The van der Waals surface area contributed by atoms with Crippen LogP contribution in [0.3, 0.4) is 0 Å². The summed E-state index contributed by atoms with van der Waals surface area (Å²) in [7, 11) is 0. The molecule has 1 aromatic rings. The number of ether oxygens (including phenoxy) is 2. The summed E-state index contributed by atoms with van der Waals surface area (Å²) >= 11 is 0. The molecule has 2 nitrogen and oxygen atoms in total. The van der Waals surface area contributed by atoms with Gasteiger partial charge in [0.05, 0.1) is 0 Å². The van der Waals surface area contributed by atoms with E-state index in [0.29, 0.717) is 30.3 Å². The van der Waals surface area contributed by atoms with Gasteiger partial charge in [-0.1, -0.05) is 0 Å². The molecule has 0 saturated heterocycles. The van der Waals surface area contributed by atoms with E-state index in [4.69, 9.17) is 9.47 Å². The topological polar surface area (TPSA) is 18.5 Å². The summed E-state index contributed by atoms with van der Waals surface area (Å²) in [6, 6.07) is 2.99. The van der Waals surface area contributed by atoms with Gasteiger partial charge in [0.2, 0.25) is 0 Å². The second-order valence-electron chi connectivity index (χ2n) is 2.70. The molecule has 0 radical (unpaired) electrons. The van der Waals surface area contributed by atoms with Crippen LogP contribution in [0.4, 0.5) is 4.39 Å². The second-order valence-corrected chi connectivity index (χ2v) is 2.70. The van der Waals surface area contributed by atoms with Gasteiger partial charge in [-0.3, -0.25) is 0 Å². The molecule has 1 heterocycles. The number of hydrogen-bond acceptors (Lipinski definition) is 2. The molecule has 0 saturated carbocycles. The van der Waals surface area contributed by atoms with Crippen molar-refractivity contribution in [2.24, 2.45) is 0 Å². The molecule has 2 rings (SSSR count). The number of fused-ring (bicyclic) bond motifs is 1. The summed E-state index contributed by atoms with van der Waals surface area (Å²) in [5.74, 6) is 0.931. The van der Waals surface area contributed by atoms with Crippen LogP contribution in [-0.4, -0.2) is 13.2 Å². The fourth-order valence-corrected chi connectivity index (χ4v) is 1.23. The molecule has 0 fully saturated rings. The smallest absolute Gasteiger partial charge is 0.167 e. The van der Waals surface area contributed by atoms with E-state index in [-0.39, 0.29) is 5.82 Å². The molecule has 0 amide bonds. The van der Waals surface area contributed by atoms with Crippen molar-refractivity contribution in [1.82, 2.24) is 0 Å². The first-order valence-electron chi connectivity index (χ1n) is 3.84. The first-order chi connectivity index (χ1) is 5.79. The highest BCUT2D eigenvalue weighted by Crippen LogP contribution is 2.34. The van der Waals surface area contributed by atoms with Crippen LogP contribution in [0, 0.1) is 12.7 Å². The zero-order valence-corrected chi connectivity index (χ0v) is 6.76. The van der Waals surface area contributed by atoms with Crippen LogP contribution in [0.25, 0.3) is 0 Å². The second kappa shape index (κ2) is 2.66. The van der Waals surface area contributed by atoms with Crippen LogP contribution in [0.1, 0.15) is 5.56 Å². The average molecular weight is 168 g/mol. The molecule has 64 valence electrons. The molecule has 0 spiro atoms. The highest BCUT2D eigenvalue weighted by atomic mass is 19.1. The predicted octanol–water partition coefficient (Wildman–Crippen LogP) is 1.91. The summed E-state index contributed by atoms with van der Waals surface area (Å²) in [6.07, 6.45) is 0. The largest absolute Gasteiger partial charge is 0.486 e. The van der Waals surface area contributed by atoms with Crippen molar-refractivity contribution >= 4 is 0 Å². The lowest BCUT2D eigenvalue weighted by Gasteiger charge is -2.19. The van der Waals surface area contributed by atoms with E-state index in [1.165, 1.54) is 6.07 Å².